The van der Waals surface area contributed by atoms with Gasteiger partial charge in [-0.2, -0.15) is 4.98 Å². The third-order valence-electron chi connectivity index (χ3n) is 5.16. The lowest BCUT2D eigenvalue weighted by atomic mass is 10.1. The third-order valence-corrected chi connectivity index (χ3v) is 5.16. The Hall–Kier alpha value is -3.39. The maximum absolute atomic E-state index is 12.6. The molecule has 0 spiro atoms. The SMILES string of the molecule is COc1cc2c(N)nc(N3CCN(C(=O)c4ccccc4)CC3)nc2cc1CO. The predicted molar refractivity (Wildman–Crippen MR) is 111 cm³/mol. The van der Waals surface area contributed by atoms with Crippen LogP contribution in [0.1, 0.15) is 15.9 Å². The van der Waals surface area contributed by atoms with Crippen LogP contribution in [0.25, 0.3) is 10.9 Å². The van der Waals surface area contributed by atoms with Crippen LogP contribution < -0.4 is 15.4 Å². The molecule has 4 rings (SSSR count). The second-order valence-corrected chi connectivity index (χ2v) is 6.89. The summed E-state index contributed by atoms with van der Waals surface area (Å²) >= 11 is 0. The molecular weight excluding hydrogens is 370 g/mol. The van der Waals surface area contributed by atoms with E-state index >= 15 is 0 Å². The molecule has 1 amide bonds. The second-order valence-electron chi connectivity index (χ2n) is 6.89. The van der Waals surface area contributed by atoms with Gasteiger partial charge in [-0.25, -0.2) is 4.98 Å². The number of ether oxygens (including phenoxy) is 1. The Morgan fingerprint density at radius 2 is 1.86 bits per heavy atom. The van der Waals surface area contributed by atoms with Gasteiger partial charge in [-0.15, -0.1) is 0 Å². The van der Waals surface area contributed by atoms with E-state index < -0.39 is 0 Å². The maximum Gasteiger partial charge on any atom is 0.253 e. The van der Waals surface area contributed by atoms with Gasteiger partial charge in [-0.3, -0.25) is 4.79 Å². The number of fused-ring (bicyclic) bond motifs is 1. The molecule has 2 aromatic carbocycles. The van der Waals surface area contributed by atoms with Crippen LogP contribution in [0.15, 0.2) is 42.5 Å². The standard InChI is InChI=1S/C21H23N5O3/c1-29-18-12-16-17(11-15(18)13-27)23-21(24-19(16)22)26-9-7-25(8-10-26)20(28)14-5-3-2-4-6-14/h2-6,11-12,27H,7-10,13H2,1H3,(H2,22,23,24). The number of aliphatic hydroxyl groups excluding tert-OH is 1. The first-order valence-electron chi connectivity index (χ1n) is 9.45. The Labute approximate surface area is 168 Å². The van der Waals surface area contributed by atoms with E-state index in [2.05, 4.69) is 9.97 Å². The van der Waals surface area contributed by atoms with Crippen molar-refractivity contribution >= 4 is 28.6 Å². The minimum atomic E-state index is -0.154. The van der Waals surface area contributed by atoms with Crippen LogP contribution in [0.3, 0.4) is 0 Å². The molecule has 0 bridgehead atoms. The van der Waals surface area contributed by atoms with Crippen molar-refractivity contribution in [2.75, 3.05) is 43.9 Å². The second kappa shape index (κ2) is 7.92. The Kier molecular flexibility index (Phi) is 5.18. The molecule has 150 valence electrons. The molecule has 1 aromatic heterocycles. The van der Waals surface area contributed by atoms with E-state index in [0.29, 0.717) is 65.7 Å². The normalized spacial score (nSPS) is 14.3. The highest BCUT2D eigenvalue weighted by molar-refractivity contribution is 5.94. The summed E-state index contributed by atoms with van der Waals surface area (Å²) in [5, 5.41) is 10.3. The van der Waals surface area contributed by atoms with Gasteiger partial charge in [0.05, 0.1) is 19.2 Å². The minimum Gasteiger partial charge on any atom is -0.496 e. The first kappa shape index (κ1) is 18.9. The van der Waals surface area contributed by atoms with Crippen molar-refractivity contribution in [2.45, 2.75) is 6.61 Å². The lowest BCUT2D eigenvalue weighted by molar-refractivity contribution is 0.0746. The smallest absolute Gasteiger partial charge is 0.253 e. The molecule has 1 aliphatic rings. The monoisotopic (exact) mass is 393 g/mol. The van der Waals surface area contributed by atoms with Crippen LogP contribution in [0.4, 0.5) is 11.8 Å². The number of nitrogen functional groups attached to an aromatic ring is 1. The Balaban J connectivity index is 1.54. The number of aromatic nitrogens is 2. The number of rotatable bonds is 4. The highest BCUT2D eigenvalue weighted by Crippen LogP contribution is 2.29. The fraction of sp³-hybridized carbons (Fsp3) is 0.286. The summed E-state index contributed by atoms with van der Waals surface area (Å²) in [6.45, 7) is 2.25. The number of benzene rings is 2. The predicted octanol–water partition coefficient (Wildman–Crippen LogP) is 1.68. The molecule has 1 aliphatic heterocycles. The molecule has 1 saturated heterocycles. The van der Waals surface area contributed by atoms with Gasteiger partial charge in [-0.1, -0.05) is 18.2 Å². The number of amides is 1. The summed E-state index contributed by atoms with van der Waals surface area (Å²) in [5.41, 5.74) is 8.16. The van der Waals surface area contributed by atoms with E-state index in [1.54, 1.807) is 19.2 Å². The first-order valence-corrected chi connectivity index (χ1v) is 9.45. The van der Waals surface area contributed by atoms with Crippen molar-refractivity contribution in [1.82, 2.24) is 14.9 Å². The molecule has 3 N–H and O–H groups in total. The number of nitrogens with zero attached hydrogens (tertiary/aromatic N) is 4. The average molecular weight is 393 g/mol. The number of methoxy groups -OCH3 is 1. The number of hydrogen-bond donors (Lipinski definition) is 2. The summed E-state index contributed by atoms with van der Waals surface area (Å²) < 4.78 is 5.30. The summed E-state index contributed by atoms with van der Waals surface area (Å²) in [5.74, 6) is 1.46. The van der Waals surface area contributed by atoms with Crippen molar-refractivity contribution in [1.29, 1.82) is 0 Å². The summed E-state index contributed by atoms with van der Waals surface area (Å²) in [6, 6.07) is 12.8. The number of hydrogen-bond acceptors (Lipinski definition) is 7. The average Bonchev–Trinajstić information content (AvgIpc) is 2.78. The van der Waals surface area contributed by atoms with E-state index in [9.17, 15) is 9.90 Å². The molecule has 8 nitrogen and oxygen atoms in total. The molecule has 2 heterocycles. The number of anilines is 2. The fourth-order valence-corrected chi connectivity index (χ4v) is 3.54. The Morgan fingerprint density at radius 3 is 2.52 bits per heavy atom. The zero-order chi connectivity index (χ0) is 20.4. The molecule has 0 saturated carbocycles. The third kappa shape index (κ3) is 3.66. The van der Waals surface area contributed by atoms with Gasteiger partial charge < -0.3 is 25.4 Å². The van der Waals surface area contributed by atoms with Crippen LogP contribution in [-0.2, 0) is 6.61 Å². The number of aliphatic hydroxyl groups is 1. The minimum absolute atomic E-state index is 0.0314. The summed E-state index contributed by atoms with van der Waals surface area (Å²) in [4.78, 5) is 25.6. The fourth-order valence-electron chi connectivity index (χ4n) is 3.54. The van der Waals surface area contributed by atoms with Crippen LogP contribution in [0.2, 0.25) is 0 Å². The Bertz CT molecular complexity index is 1030. The molecule has 0 radical (unpaired) electrons. The lowest BCUT2D eigenvalue weighted by Crippen LogP contribution is -2.49. The van der Waals surface area contributed by atoms with E-state index in [0.717, 1.165) is 0 Å². The van der Waals surface area contributed by atoms with Gasteiger partial charge in [0.2, 0.25) is 5.95 Å². The van der Waals surface area contributed by atoms with Crippen molar-refractivity contribution < 1.29 is 14.6 Å². The van der Waals surface area contributed by atoms with Crippen LogP contribution in [-0.4, -0.2) is 59.2 Å². The van der Waals surface area contributed by atoms with Crippen molar-refractivity contribution in [3.63, 3.8) is 0 Å². The summed E-state index contributed by atoms with van der Waals surface area (Å²) in [7, 11) is 1.54. The number of carbonyl (C=O) groups is 1. The van der Waals surface area contributed by atoms with E-state index in [-0.39, 0.29) is 12.5 Å². The molecule has 0 aliphatic carbocycles. The molecule has 0 unspecified atom stereocenters. The van der Waals surface area contributed by atoms with E-state index in [1.165, 1.54) is 0 Å². The summed E-state index contributed by atoms with van der Waals surface area (Å²) in [6.07, 6.45) is 0. The van der Waals surface area contributed by atoms with Gasteiger partial charge in [0, 0.05) is 42.7 Å². The van der Waals surface area contributed by atoms with Crippen molar-refractivity contribution in [2.24, 2.45) is 0 Å². The van der Waals surface area contributed by atoms with Crippen LogP contribution in [0.5, 0.6) is 5.75 Å². The van der Waals surface area contributed by atoms with Crippen molar-refractivity contribution in [3.05, 3.63) is 53.6 Å². The van der Waals surface area contributed by atoms with Gasteiger partial charge in [-0.05, 0) is 24.3 Å². The van der Waals surface area contributed by atoms with Crippen LogP contribution >= 0.6 is 0 Å². The van der Waals surface area contributed by atoms with Crippen LogP contribution in [0, 0.1) is 0 Å². The van der Waals surface area contributed by atoms with Crippen molar-refractivity contribution in [3.8, 4) is 5.75 Å². The van der Waals surface area contributed by atoms with E-state index in [1.807, 2.05) is 40.1 Å². The highest BCUT2D eigenvalue weighted by Gasteiger charge is 2.24. The van der Waals surface area contributed by atoms with Gasteiger partial charge in [0.25, 0.3) is 5.91 Å². The Morgan fingerprint density at radius 1 is 1.14 bits per heavy atom. The first-order chi connectivity index (χ1) is 14.1. The maximum atomic E-state index is 12.6. The van der Waals surface area contributed by atoms with E-state index in [4.69, 9.17) is 10.5 Å². The highest BCUT2D eigenvalue weighted by atomic mass is 16.5. The number of carbonyl (C=O) groups excluding carboxylic acids is 1. The zero-order valence-electron chi connectivity index (χ0n) is 16.2. The number of nitrogens with two attached hydrogens (primary N) is 1. The molecule has 1 fully saturated rings. The topological polar surface area (TPSA) is 105 Å². The zero-order valence-corrected chi connectivity index (χ0v) is 16.2. The van der Waals surface area contributed by atoms with Gasteiger partial charge in [0.15, 0.2) is 0 Å². The number of piperazine rings is 1. The van der Waals surface area contributed by atoms with Gasteiger partial charge >= 0.3 is 0 Å². The largest absolute Gasteiger partial charge is 0.496 e. The van der Waals surface area contributed by atoms with Gasteiger partial charge in [0.1, 0.15) is 11.6 Å². The molecule has 29 heavy (non-hydrogen) atoms. The molecule has 8 heteroatoms. The molecule has 3 aromatic rings. The lowest BCUT2D eigenvalue weighted by Gasteiger charge is -2.35. The molecule has 0 atom stereocenters. The quantitative estimate of drug-likeness (QED) is 0.695. The molecular formula is C21H23N5O3.